The third kappa shape index (κ3) is 3.57. The number of para-hydroxylation sites is 1. The summed E-state index contributed by atoms with van der Waals surface area (Å²) in [6.45, 7) is 2.03. The zero-order valence-electron chi connectivity index (χ0n) is 18.6. The Labute approximate surface area is 196 Å². The summed E-state index contributed by atoms with van der Waals surface area (Å²) in [7, 11) is 0. The highest BCUT2D eigenvalue weighted by Crippen LogP contribution is 2.31. The summed E-state index contributed by atoms with van der Waals surface area (Å²) in [5.74, 6) is -0.916. The first-order chi connectivity index (χ1) is 16.6. The smallest absolute Gasteiger partial charge is 0.294 e. The third-order valence-corrected chi connectivity index (χ3v) is 5.88. The molecule has 4 aromatic rings. The van der Waals surface area contributed by atoms with E-state index in [2.05, 4.69) is 5.10 Å². The maximum atomic E-state index is 13.7. The molecule has 2 amide bonds. The van der Waals surface area contributed by atoms with E-state index in [1.807, 2.05) is 73.7 Å². The minimum absolute atomic E-state index is 0.116. The molecule has 1 aliphatic rings. The topological polar surface area (TPSA) is 79.1 Å². The van der Waals surface area contributed by atoms with E-state index in [4.69, 9.17) is 0 Å². The first-order valence-corrected chi connectivity index (χ1v) is 11.1. The van der Waals surface area contributed by atoms with Crippen LogP contribution in [0.5, 0.6) is 0 Å². The number of rotatable bonds is 6. The van der Waals surface area contributed by atoms with E-state index in [9.17, 15) is 14.4 Å². The maximum Gasteiger partial charge on any atom is 0.327 e. The average Bonchev–Trinajstić information content (AvgIpc) is 3.33. The number of carbonyl (C=O) groups excluding carboxylic acids is 2. The molecule has 168 valence electrons. The van der Waals surface area contributed by atoms with Crippen molar-refractivity contribution < 1.29 is 14.2 Å². The number of aromatic nitrogens is 3. The largest absolute Gasteiger partial charge is 0.327 e. The van der Waals surface area contributed by atoms with Gasteiger partial charge >= 0.3 is 5.91 Å². The van der Waals surface area contributed by atoms with Crippen LogP contribution in [-0.4, -0.2) is 26.5 Å². The van der Waals surface area contributed by atoms with Gasteiger partial charge in [0.15, 0.2) is 12.4 Å². The van der Waals surface area contributed by atoms with E-state index >= 15 is 0 Å². The van der Waals surface area contributed by atoms with Gasteiger partial charge in [-0.1, -0.05) is 61.5 Å². The van der Waals surface area contributed by atoms with Gasteiger partial charge in [-0.15, -0.1) is 0 Å². The lowest BCUT2D eigenvalue weighted by Crippen LogP contribution is -2.39. The zero-order chi connectivity index (χ0) is 23.7. The van der Waals surface area contributed by atoms with Gasteiger partial charge in [-0.3, -0.25) is 24.4 Å². The summed E-state index contributed by atoms with van der Waals surface area (Å²) in [6, 6.07) is 23.9. The number of pyridine rings is 1. The molecule has 5 rings (SSSR count). The zero-order valence-corrected chi connectivity index (χ0v) is 18.6. The normalized spacial score (nSPS) is 13.7. The number of amides is 2. The Kier molecular flexibility index (Phi) is 5.51. The van der Waals surface area contributed by atoms with E-state index in [1.54, 1.807) is 29.1 Å². The second-order valence-corrected chi connectivity index (χ2v) is 7.98. The molecule has 0 saturated carbocycles. The molecule has 0 spiro atoms. The second-order valence-electron chi connectivity index (χ2n) is 7.98. The highest BCUT2D eigenvalue weighted by atomic mass is 16.2. The number of hydrogen-bond donors (Lipinski definition) is 1. The number of hydrogen-bond acceptors (Lipinski definition) is 3. The molecule has 2 aromatic heterocycles. The summed E-state index contributed by atoms with van der Waals surface area (Å²) in [5, 5.41) is 3.14. The first kappa shape index (κ1) is 21.3. The molecule has 7 nitrogen and oxygen atoms in total. The van der Waals surface area contributed by atoms with Crippen molar-refractivity contribution in [1.29, 1.82) is 0 Å². The number of nitrogens with zero attached hydrogens (tertiary/aromatic N) is 3. The van der Waals surface area contributed by atoms with Crippen LogP contribution in [0.1, 0.15) is 23.7 Å². The molecule has 7 heteroatoms. The number of H-pyrrole nitrogens is 1. The molecule has 0 fully saturated rings. The van der Waals surface area contributed by atoms with Gasteiger partial charge in [-0.2, -0.15) is 4.57 Å². The highest BCUT2D eigenvalue weighted by molar-refractivity contribution is 6.44. The molecular formula is C27H23N4O3+. The number of nitrogens with one attached hydrogen (secondary N) is 1. The predicted molar refractivity (Wildman–Crippen MR) is 128 cm³/mol. The van der Waals surface area contributed by atoms with Crippen molar-refractivity contribution in [3.63, 3.8) is 0 Å². The van der Waals surface area contributed by atoms with E-state index in [0.717, 1.165) is 5.56 Å². The Hall–Kier alpha value is -4.52. The van der Waals surface area contributed by atoms with Crippen molar-refractivity contribution in [2.45, 2.75) is 19.9 Å². The summed E-state index contributed by atoms with van der Waals surface area (Å²) < 4.78 is 3.03. The molecule has 3 heterocycles. The van der Waals surface area contributed by atoms with Crippen LogP contribution in [0.4, 0.5) is 0 Å². The van der Waals surface area contributed by atoms with Gasteiger partial charge in [-0.05, 0) is 24.1 Å². The Morgan fingerprint density at radius 2 is 1.41 bits per heavy atom. The Balaban J connectivity index is 1.71. The summed E-state index contributed by atoms with van der Waals surface area (Å²) in [5.41, 5.74) is 2.23. The number of imide groups is 1. The highest BCUT2D eigenvalue weighted by Gasteiger charge is 2.47. The number of aromatic amines is 1. The van der Waals surface area contributed by atoms with Crippen molar-refractivity contribution in [3.05, 3.63) is 118 Å². The molecule has 1 N–H and O–H groups in total. The van der Waals surface area contributed by atoms with Crippen molar-refractivity contribution in [3.8, 4) is 5.69 Å². The van der Waals surface area contributed by atoms with Crippen LogP contribution < -0.4 is 10.1 Å². The quantitative estimate of drug-likeness (QED) is 0.362. The molecule has 0 saturated heterocycles. The van der Waals surface area contributed by atoms with Gasteiger partial charge in [0.05, 0.1) is 17.8 Å². The van der Waals surface area contributed by atoms with Crippen molar-refractivity contribution in [1.82, 2.24) is 14.7 Å². The minimum atomic E-state index is -0.480. The monoisotopic (exact) mass is 451 g/mol. The molecule has 1 aliphatic heterocycles. The van der Waals surface area contributed by atoms with E-state index in [0.29, 0.717) is 17.8 Å². The van der Waals surface area contributed by atoms with Crippen LogP contribution >= 0.6 is 0 Å². The van der Waals surface area contributed by atoms with Gasteiger partial charge in [0.25, 0.3) is 17.2 Å². The van der Waals surface area contributed by atoms with Gasteiger partial charge in [0, 0.05) is 17.8 Å². The number of benzene rings is 2. The molecule has 0 unspecified atom stereocenters. The molecule has 2 aromatic carbocycles. The number of carbonyl (C=O) groups is 2. The summed E-state index contributed by atoms with van der Waals surface area (Å²) in [4.78, 5) is 42.2. The van der Waals surface area contributed by atoms with Crippen LogP contribution in [0, 0.1) is 0 Å². The fourth-order valence-corrected chi connectivity index (χ4v) is 4.24. The second kappa shape index (κ2) is 8.78. The van der Waals surface area contributed by atoms with Crippen molar-refractivity contribution >= 4 is 23.1 Å². The van der Waals surface area contributed by atoms with Gasteiger partial charge < -0.3 is 0 Å². The molecule has 34 heavy (non-hydrogen) atoms. The van der Waals surface area contributed by atoms with Gasteiger partial charge in [-0.25, -0.2) is 4.68 Å². The molecule has 0 bridgehead atoms. The van der Waals surface area contributed by atoms with Crippen LogP contribution in [0.25, 0.3) is 17.0 Å². The Morgan fingerprint density at radius 1 is 0.794 bits per heavy atom. The first-order valence-electron chi connectivity index (χ1n) is 11.1. The third-order valence-electron chi connectivity index (χ3n) is 5.88. The van der Waals surface area contributed by atoms with Gasteiger partial charge in [0.1, 0.15) is 5.57 Å². The van der Waals surface area contributed by atoms with Crippen LogP contribution in [0.15, 0.2) is 96.1 Å². The fraction of sp³-hybridized carbons (Fsp3) is 0.111. The number of aryl methyl sites for hydroxylation is 1. The lowest BCUT2D eigenvalue weighted by Gasteiger charge is -2.13. The van der Waals surface area contributed by atoms with E-state index < -0.39 is 11.8 Å². The fourth-order valence-electron chi connectivity index (χ4n) is 4.24. The Morgan fingerprint density at radius 3 is 2.06 bits per heavy atom. The molecule has 0 radical (unpaired) electrons. The van der Waals surface area contributed by atoms with Crippen LogP contribution in [0.2, 0.25) is 0 Å². The lowest BCUT2D eigenvalue weighted by molar-refractivity contribution is -0.576. The van der Waals surface area contributed by atoms with Crippen LogP contribution in [-0.2, 0) is 22.6 Å². The van der Waals surface area contributed by atoms with E-state index in [1.165, 1.54) is 9.58 Å². The Bertz CT molecular complexity index is 1450. The molecule has 0 atom stereocenters. The minimum Gasteiger partial charge on any atom is -0.294 e. The van der Waals surface area contributed by atoms with Crippen LogP contribution in [0.3, 0.4) is 0 Å². The van der Waals surface area contributed by atoms with Gasteiger partial charge in [0.2, 0.25) is 0 Å². The SMILES string of the molecule is CCc1[nH]n(-c2ccccc2)c(=O)c1C1=C([n+]2ccccc2)C(=O)N(Cc2ccccc2)C1=O. The predicted octanol–water partition coefficient (Wildman–Crippen LogP) is 2.95. The van der Waals surface area contributed by atoms with E-state index in [-0.39, 0.29) is 28.9 Å². The summed E-state index contributed by atoms with van der Waals surface area (Å²) >= 11 is 0. The lowest BCUT2D eigenvalue weighted by atomic mass is 10.0. The molecule has 0 aliphatic carbocycles. The standard InChI is InChI=1S/C27H22N4O3/c1-2-21-22(26(33)31(28-21)20-14-8-4-9-15-20)23-24(29-16-10-5-11-17-29)27(34)30(25(23)32)18-19-12-6-3-7-13-19/h3-17H,2,18H2,1H3/p+1. The molecular weight excluding hydrogens is 428 g/mol. The summed E-state index contributed by atoms with van der Waals surface area (Å²) in [6.07, 6.45) is 3.90. The van der Waals surface area contributed by atoms with Crippen molar-refractivity contribution in [2.24, 2.45) is 0 Å². The van der Waals surface area contributed by atoms with Crippen molar-refractivity contribution in [2.75, 3.05) is 0 Å². The average molecular weight is 452 g/mol. The maximum absolute atomic E-state index is 13.7.